The summed E-state index contributed by atoms with van der Waals surface area (Å²) in [5.41, 5.74) is 0. The minimum atomic E-state index is 0.998. The van der Waals surface area contributed by atoms with Gasteiger partial charge in [-0.25, -0.2) is 0 Å². The maximum atomic E-state index is 2.45. The third-order valence-electron chi connectivity index (χ3n) is 2.81. The molecule has 0 saturated heterocycles. The van der Waals surface area contributed by atoms with Gasteiger partial charge in [-0.1, -0.05) is 25.0 Å². The van der Waals surface area contributed by atoms with Crippen LogP contribution >= 0.6 is 0 Å². The summed E-state index contributed by atoms with van der Waals surface area (Å²) in [5.74, 6) is 2.09. The molecule has 2 aliphatic carbocycles. The first-order valence-electron chi connectivity index (χ1n) is 4.63. The predicted molar refractivity (Wildman–Crippen MR) is 43.8 cm³/mol. The van der Waals surface area contributed by atoms with Gasteiger partial charge >= 0.3 is 0 Å². The van der Waals surface area contributed by atoms with Gasteiger partial charge in [0.15, 0.2) is 0 Å². The van der Waals surface area contributed by atoms with E-state index in [4.69, 9.17) is 0 Å². The molecule has 0 aliphatic heterocycles. The molecule has 2 unspecified atom stereocenters. The zero-order chi connectivity index (χ0) is 6.81. The summed E-state index contributed by atoms with van der Waals surface area (Å²) in [6.07, 6.45) is 13.6. The molecule has 0 nitrogen and oxygen atoms in total. The molecule has 0 aromatic rings. The fourth-order valence-corrected chi connectivity index (χ4v) is 1.96. The van der Waals surface area contributed by atoms with E-state index in [1.54, 1.807) is 0 Å². The molecule has 1 fully saturated rings. The molecular formula is C10H16. The first-order chi connectivity index (χ1) is 4.97. The van der Waals surface area contributed by atoms with Gasteiger partial charge in [0.1, 0.15) is 0 Å². The van der Waals surface area contributed by atoms with Gasteiger partial charge in [0, 0.05) is 0 Å². The van der Waals surface area contributed by atoms with Gasteiger partial charge in [0.05, 0.1) is 0 Å². The van der Waals surface area contributed by atoms with E-state index < -0.39 is 0 Å². The van der Waals surface area contributed by atoms with Gasteiger partial charge in [-0.2, -0.15) is 0 Å². The molecule has 0 radical (unpaired) electrons. The summed E-state index contributed by atoms with van der Waals surface area (Å²) in [6.45, 7) is 0. The third kappa shape index (κ3) is 1.42. The summed E-state index contributed by atoms with van der Waals surface area (Å²) in [4.78, 5) is 0. The minimum absolute atomic E-state index is 0.998. The molecule has 0 aromatic heterocycles. The van der Waals surface area contributed by atoms with E-state index in [0.29, 0.717) is 0 Å². The van der Waals surface area contributed by atoms with E-state index in [2.05, 4.69) is 12.2 Å². The highest BCUT2D eigenvalue weighted by atomic mass is 14.4. The van der Waals surface area contributed by atoms with Crippen LogP contribution in [0.1, 0.15) is 38.5 Å². The highest BCUT2D eigenvalue weighted by Gasteiger charge is 2.33. The normalized spacial score (nSPS) is 42.4. The highest BCUT2D eigenvalue weighted by Crippen LogP contribution is 2.44. The third-order valence-corrected chi connectivity index (χ3v) is 2.81. The molecule has 0 aromatic carbocycles. The Morgan fingerprint density at radius 1 is 1.10 bits per heavy atom. The Balaban J connectivity index is 1.88. The Hall–Kier alpha value is -0.260. The van der Waals surface area contributed by atoms with E-state index >= 15 is 0 Å². The van der Waals surface area contributed by atoms with Crippen molar-refractivity contribution in [2.45, 2.75) is 38.5 Å². The Bertz CT molecular complexity index is 135. The average Bonchev–Trinajstić information content (AvgIpc) is 2.66. The van der Waals surface area contributed by atoms with Crippen LogP contribution in [0.4, 0.5) is 0 Å². The lowest BCUT2D eigenvalue weighted by atomic mass is 10.1. The van der Waals surface area contributed by atoms with Gasteiger partial charge in [-0.3, -0.25) is 0 Å². The summed E-state index contributed by atoms with van der Waals surface area (Å²) < 4.78 is 0. The quantitative estimate of drug-likeness (QED) is 0.449. The summed E-state index contributed by atoms with van der Waals surface area (Å²) in [5, 5.41) is 0. The van der Waals surface area contributed by atoms with Crippen LogP contribution in [0, 0.1) is 11.8 Å². The van der Waals surface area contributed by atoms with Gasteiger partial charge in [0.25, 0.3) is 0 Å². The highest BCUT2D eigenvalue weighted by molar-refractivity contribution is 5.02. The van der Waals surface area contributed by atoms with Crippen LogP contribution in [0.25, 0.3) is 0 Å². The van der Waals surface area contributed by atoms with Crippen molar-refractivity contribution in [3.63, 3.8) is 0 Å². The molecular weight excluding hydrogens is 120 g/mol. The van der Waals surface area contributed by atoms with Crippen molar-refractivity contribution in [3.8, 4) is 0 Å². The van der Waals surface area contributed by atoms with Crippen molar-refractivity contribution in [3.05, 3.63) is 12.2 Å². The number of allylic oxidation sites excluding steroid dienone is 2. The molecule has 0 heterocycles. The maximum Gasteiger partial charge on any atom is -0.0202 e. The molecule has 56 valence electrons. The fraction of sp³-hybridized carbons (Fsp3) is 0.800. The van der Waals surface area contributed by atoms with Gasteiger partial charge in [-0.05, 0) is 37.5 Å². The molecule has 2 atom stereocenters. The Kier molecular flexibility index (Phi) is 1.79. The van der Waals surface area contributed by atoms with Crippen molar-refractivity contribution in [2.75, 3.05) is 0 Å². The SMILES string of the molecule is C1=C\C2CC2CCCCC/1. The Labute approximate surface area is 63.3 Å². The van der Waals surface area contributed by atoms with E-state index in [1.807, 2.05) is 0 Å². The number of rotatable bonds is 0. The second kappa shape index (κ2) is 2.77. The van der Waals surface area contributed by atoms with E-state index in [0.717, 1.165) is 11.8 Å². The second-order valence-corrected chi connectivity index (χ2v) is 3.73. The molecule has 0 amide bonds. The summed E-state index contributed by atoms with van der Waals surface area (Å²) in [7, 11) is 0. The van der Waals surface area contributed by atoms with Crippen LogP contribution in [0.15, 0.2) is 12.2 Å². The van der Waals surface area contributed by atoms with E-state index in [1.165, 1.54) is 38.5 Å². The lowest BCUT2D eigenvalue weighted by molar-refractivity contribution is 0.601. The standard InChI is InChI=1S/C10H16/c1-2-4-6-9-8-10(9)7-5-3-1/h4,6,9-10H,1-3,5,7-8H2/b6-4-. The van der Waals surface area contributed by atoms with Crippen LogP contribution < -0.4 is 0 Å². The van der Waals surface area contributed by atoms with Crippen LogP contribution in [-0.4, -0.2) is 0 Å². The van der Waals surface area contributed by atoms with Crippen LogP contribution in [-0.2, 0) is 0 Å². The first-order valence-corrected chi connectivity index (χ1v) is 4.63. The van der Waals surface area contributed by atoms with Crippen LogP contribution in [0.5, 0.6) is 0 Å². The number of fused-ring (bicyclic) bond motifs is 1. The first kappa shape index (κ1) is 6.45. The van der Waals surface area contributed by atoms with Crippen molar-refractivity contribution in [1.82, 2.24) is 0 Å². The van der Waals surface area contributed by atoms with Crippen molar-refractivity contribution >= 4 is 0 Å². The molecule has 0 heteroatoms. The molecule has 0 spiro atoms. The molecule has 2 rings (SSSR count). The minimum Gasteiger partial charge on any atom is -0.0882 e. The largest absolute Gasteiger partial charge is 0.0882 e. The predicted octanol–water partition coefficient (Wildman–Crippen LogP) is 3.14. The van der Waals surface area contributed by atoms with Crippen molar-refractivity contribution < 1.29 is 0 Å². The smallest absolute Gasteiger partial charge is 0.0202 e. The van der Waals surface area contributed by atoms with E-state index in [-0.39, 0.29) is 0 Å². The van der Waals surface area contributed by atoms with Crippen LogP contribution in [0.2, 0.25) is 0 Å². The van der Waals surface area contributed by atoms with Crippen molar-refractivity contribution in [1.29, 1.82) is 0 Å². The van der Waals surface area contributed by atoms with Gasteiger partial charge in [0.2, 0.25) is 0 Å². The molecule has 10 heavy (non-hydrogen) atoms. The second-order valence-electron chi connectivity index (χ2n) is 3.73. The summed E-state index contributed by atoms with van der Waals surface area (Å²) >= 11 is 0. The molecule has 0 bridgehead atoms. The Morgan fingerprint density at radius 3 is 3.10 bits per heavy atom. The van der Waals surface area contributed by atoms with Gasteiger partial charge < -0.3 is 0 Å². The van der Waals surface area contributed by atoms with E-state index in [9.17, 15) is 0 Å². The fourth-order valence-electron chi connectivity index (χ4n) is 1.96. The van der Waals surface area contributed by atoms with Crippen LogP contribution in [0.3, 0.4) is 0 Å². The average molecular weight is 136 g/mol. The lowest BCUT2D eigenvalue weighted by Gasteiger charge is -1.94. The van der Waals surface area contributed by atoms with Gasteiger partial charge in [-0.15, -0.1) is 0 Å². The molecule has 1 saturated carbocycles. The number of hydrogen-bond acceptors (Lipinski definition) is 0. The zero-order valence-electron chi connectivity index (χ0n) is 6.55. The molecule has 2 aliphatic rings. The zero-order valence-corrected chi connectivity index (χ0v) is 6.55. The lowest BCUT2D eigenvalue weighted by Crippen LogP contribution is -1.79. The Morgan fingerprint density at radius 2 is 2.10 bits per heavy atom. The number of hydrogen-bond donors (Lipinski definition) is 0. The molecule has 0 N–H and O–H groups in total. The maximum absolute atomic E-state index is 2.45. The summed E-state index contributed by atoms with van der Waals surface area (Å²) in [6, 6.07) is 0. The monoisotopic (exact) mass is 136 g/mol. The van der Waals surface area contributed by atoms with Crippen molar-refractivity contribution in [2.24, 2.45) is 11.8 Å². The topological polar surface area (TPSA) is 0 Å².